The molecule has 0 aliphatic rings. The predicted molar refractivity (Wildman–Crippen MR) is 51.0 cm³/mol. The van der Waals surface area contributed by atoms with Crippen molar-refractivity contribution in [3.8, 4) is 0 Å². The smallest absolute Gasteiger partial charge is 0.304 e. The average molecular weight is 203 g/mol. The minimum Gasteiger partial charge on any atom is -0.481 e. The first kappa shape index (κ1) is 12.9. The third-order valence-electron chi connectivity index (χ3n) is 1.91. The predicted octanol–water partition coefficient (Wildman–Crippen LogP) is 0.344. The lowest BCUT2D eigenvalue weighted by Gasteiger charge is -2.24. The Morgan fingerprint density at radius 3 is 2.57 bits per heavy atom. The van der Waals surface area contributed by atoms with Crippen LogP contribution < -0.4 is 0 Å². The lowest BCUT2D eigenvalue weighted by atomic mass is 10.3. The van der Waals surface area contributed by atoms with E-state index in [-0.39, 0.29) is 12.5 Å². The Morgan fingerprint density at radius 2 is 2.14 bits per heavy atom. The minimum absolute atomic E-state index is 0.110. The first-order chi connectivity index (χ1) is 6.57. The van der Waals surface area contributed by atoms with Gasteiger partial charge in [-0.3, -0.25) is 14.5 Å². The van der Waals surface area contributed by atoms with Crippen LogP contribution in [0, 0.1) is 0 Å². The lowest BCUT2D eigenvalue weighted by molar-refractivity contribution is -0.138. The van der Waals surface area contributed by atoms with Crippen LogP contribution in [0.3, 0.4) is 0 Å². The number of carboxylic acid groups (broad SMARTS) is 1. The van der Waals surface area contributed by atoms with Gasteiger partial charge in [0.05, 0.1) is 6.42 Å². The van der Waals surface area contributed by atoms with Crippen LogP contribution in [0.25, 0.3) is 0 Å². The summed E-state index contributed by atoms with van der Waals surface area (Å²) in [6, 6.07) is 0.254. The van der Waals surface area contributed by atoms with Gasteiger partial charge in [0.1, 0.15) is 6.61 Å². The molecule has 14 heavy (non-hydrogen) atoms. The zero-order valence-corrected chi connectivity index (χ0v) is 8.60. The molecule has 0 radical (unpaired) electrons. The molecule has 0 aliphatic carbocycles. The number of carbonyl (C=O) groups is 2. The molecule has 0 fully saturated rings. The maximum atomic E-state index is 10.3. The molecule has 0 spiro atoms. The van der Waals surface area contributed by atoms with Crippen molar-refractivity contribution < 1.29 is 19.4 Å². The summed E-state index contributed by atoms with van der Waals surface area (Å²) in [5.41, 5.74) is 0. The van der Waals surface area contributed by atoms with E-state index in [9.17, 15) is 9.59 Å². The summed E-state index contributed by atoms with van der Waals surface area (Å²) >= 11 is 0. The molecule has 5 nitrogen and oxygen atoms in total. The van der Waals surface area contributed by atoms with E-state index in [1.807, 2.05) is 18.7 Å². The van der Waals surface area contributed by atoms with Gasteiger partial charge < -0.3 is 9.84 Å². The van der Waals surface area contributed by atoms with E-state index in [1.54, 1.807) is 0 Å². The molecule has 0 amide bonds. The van der Waals surface area contributed by atoms with Crippen LogP contribution >= 0.6 is 0 Å². The molecule has 0 saturated carbocycles. The molecule has 0 aliphatic heterocycles. The van der Waals surface area contributed by atoms with E-state index in [0.29, 0.717) is 26.2 Å². The quantitative estimate of drug-likeness (QED) is 0.455. The van der Waals surface area contributed by atoms with Gasteiger partial charge in [-0.25, -0.2) is 0 Å². The van der Waals surface area contributed by atoms with Crippen LogP contribution in [0.5, 0.6) is 0 Å². The van der Waals surface area contributed by atoms with E-state index < -0.39 is 5.97 Å². The highest BCUT2D eigenvalue weighted by Crippen LogP contribution is 1.99. The van der Waals surface area contributed by atoms with Gasteiger partial charge in [-0.2, -0.15) is 0 Å². The van der Waals surface area contributed by atoms with Crippen molar-refractivity contribution in [2.24, 2.45) is 0 Å². The van der Waals surface area contributed by atoms with E-state index in [0.717, 1.165) is 0 Å². The number of nitrogens with zero attached hydrogens (tertiary/aromatic N) is 1. The lowest BCUT2D eigenvalue weighted by Crippen LogP contribution is -2.35. The Morgan fingerprint density at radius 1 is 1.50 bits per heavy atom. The molecular weight excluding hydrogens is 186 g/mol. The molecule has 0 aromatic heterocycles. The largest absolute Gasteiger partial charge is 0.481 e. The molecule has 0 bridgehead atoms. The highest BCUT2D eigenvalue weighted by Gasteiger charge is 2.10. The Balaban J connectivity index is 3.77. The van der Waals surface area contributed by atoms with Gasteiger partial charge in [-0.05, 0) is 13.8 Å². The molecule has 82 valence electrons. The van der Waals surface area contributed by atoms with Crippen molar-refractivity contribution >= 4 is 12.4 Å². The number of ether oxygens (including phenoxy) is 1. The number of carbonyl (C=O) groups excluding carboxylic acids is 1. The topological polar surface area (TPSA) is 66.8 Å². The Bertz CT molecular complexity index is 182. The zero-order valence-electron chi connectivity index (χ0n) is 8.60. The van der Waals surface area contributed by atoms with Gasteiger partial charge in [-0.15, -0.1) is 0 Å². The Labute approximate surface area is 83.6 Å². The fourth-order valence-corrected chi connectivity index (χ4v) is 1.09. The molecule has 0 aromatic carbocycles. The third kappa shape index (κ3) is 6.42. The number of carboxylic acids is 1. The van der Waals surface area contributed by atoms with Gasteiger partial charge in [0.2, 0.25) is 0 Å². The van der Waals surface area contributed by atoms with E-state index >= 15 is 0 Å². The van der Waals surface area contributed by atoms with E-state index in [2.05, 4.69) is 4.74 Å². The van der Waals surface area contributed by atoms with Gasteiger partial charge in [-0.1, -0.05) is 0 Å². The number of aliphatic carboxylic acids is 1. The fourth-order valence-electron chi connectivity index (χ4n) is 1.09. The van der Waals surface area contributed by atoms with Crippen molar-refractivity contribution in [1.29, 1.82) is 0 Å². The van der Waals surface area contributed by atoms with Crippen LogP contribution in [0.15, 0.2) is 0 Å². The van der Waals surface area contributed by atoms with Gasteiger partial charge >= 0.3 is 5.97 Å². The maximum absolute atomic E-state index is 10.3. The fraction of sp³-hybridized carbons (Fsp3) is 0.778. The molecule has 1 N–H and O–H groups in total. The molecule has 0 unspecified atom stereocenters. The van der Waals surface area contributed by atoms with Crippen molar-refractivity contribution in [3.63, 3.8) is 0 Å². The summed E-state index contributed by atoms with van der Waals surface area (Å²) in [7, 11) is 0. The summed E-state index contributed by atoms with van der Waals surface area (Å²) in [5.74, 6) is -0.813. The van der Waals surface area contributed by atoms with Crippen molar-refractivity contribution in [2.45, 2.75) is 26.3 Å². The monoisotopic (exact) mass is 203 g/mol. The van der Waals surface area contributed by atoms with Gasteiger partial charge in [0, 0.05) is 19.1 Å². The van der Waals surface area contributed by atoms with E-state index in [4.69, 9.17) is 5.11 Å². The first-order valence-corrected chi connectivity index (χ1v) is 4.59. The third-order valence-corrected chi connectivity index (χ3v) is 1.91. The Hall–Kier alpha value is -1.10. The SMILES string of the molecule is CC(C)N(CCOC=O)CCC(=O)O. The average Bonchev–Trinajstić information content (AvgIpc) is 2.10. The van der Waals surface area contributed by atoms with E-state index in [1.165, 1.54) is 0 Å². The van der Waals surface area contributed by atoms with Crippen LogP contribution in [-0.2, 0) is 14.3 Å². The van der Waals surface area contributed by atoms with Crippen LogP contribution in [-0.4, -0.2) is 48.2 Å². The van der Waals surface area contributed by atoms with Crippen LogP contribution in [0.1, 0.15) is 20.3 Å². The summed E-state index contributed by atoms with van der Waals surface area (Å²) < 4.78 is 4.55. The molecule has 0 heterocycles. The van der Waals surface area contributed by atoms with Gasteiger partial charge in [0.15, 0.2) is 0 Å². The van der Waals surface area contributed by atoms with Crippen molar-refractivity contribution in [3.05, 3.63) is 0 Å². The van der Waals surface area contributed by atoms with Crippen LogP contribution in [0.4, 0.5) is 0 Å². The Kier molecular flexibility index (Phi) is 6.74. The zero-order chi connectivity index (χ0) is 11.0. The highest BCUT2D eigenvalue weighted by atomic mass is 16.5. The number of rotatable bonds is 8. The summed E-state index contributed by atoms with van der Waals surface area (Å²) in [5, 5.41) is 8.50. The molecule has 0 saturated heterocycles. The molecule has 5 heteroatoms. The summed E-state index contributed by atoms with van der Waals surface area (Å²) in [6.45, 7) is 5.71. The maximum Gasteiger partial charge on any atom is 0.304 e. The minimum atomic E-state index is -0.813. The molecule has 0 aromatic rings. The number of hydrogen-bond acceptors (Lipinski definition) is 4. The second-order valence-electron chi connectivity index (χ2n) is 3.24. The first-order valence-electron chi connectivity index (χ1n) is 4.59. The molecule has 0 atom stereocenters. The van der Waals surface area contributed by atoms with Gasteiger partial charge in [0.25, 0.3) is 6.47 Å². The highest BCUT2D eigenvalue weighted by molar-refractivity contribution is 5.66. The number of hydrogen-bond donors (Lipinski definition) is 1. The van der Waals surface area contributed by atoms with Crippen molar-refractivity contribution in [1.82, 2.24) is 4.90 Å². The second-order valence-corrected chi connectivity index (χ2v) is 3.24. The standard InChI is InChI=1S/C9H17NO4/c1-8(2)10(4-3-9(12)13)5-6-14-7-11/h7-8H,3-6H2,1-2H3,(H,12,13). The van der Waals surface area contributed by atoms with Crippen molar-refractivity contribution in [2.75, 3.05) is 19.7 Å². The molecular formula is C9H17NO4. The van der Waals surface area contributed by atoms with Crippen LogP contribution in [0.2, 0.25) is 0 Å². The normalized spacial score (nSPS) is 10.6. The summed E-state index contributed by atoms with van der Waals surface area (Å²) in [4.78, 5) is 22.2. The summed E-state index contributed by atoms with van der Waals surface area (Å²) in [6.07, 6.45) is 0.110. The molecule has 0 rings (SSSR count). The second kappa shape index (κ2) is 7.32.